The highest BCUT2D eigenvalue weighted by Crippen LogP contribution is 2.08. The summed E-state index contributed by atoms with van der Waals surface area (Å²) in [5, 5.41) is 9.47. The summed E-state index contributed by atoms with van der Waals surface area (Å²) in [6.45, 7) is 3.05. The van der Waals surface area contributed by atoms with E-state index < -0.39 is 0 Å². The summed E-state index contributed by atoms with van der Waals surface area (Å²) in [5.41, 5.74) is 0. The van der Waals surface area contributed by atoms with Gasteiger partial charge in [-0.15, -0.1) is 0 Å². The van der Waals surface area contributed by atoms with Crippen molar-refractivity contribution in [1.82, 2.24) is 0 Å². The quantitative estimate of drug-likeness (QED) is 0.258. The summed E-state index contributed by atoms with van der Waals surface area (Å²) in [6.07, 6.45) is 14.7. The number of unbranched alkanes of at least 4 members (excludes halogenated alkanes) is 6. The summed E-state index contributed by atoms with van der Waals surface area (Å²) >= 11 is 0. The SMILES string of the molecule is CCC=CCCCCCCCC[N+](C)(C)O. The maximum Gasteiger partial charge on any atom is 0.108 e. The summed E-state index contributed by atoms with van der Waals surface area (Å²) in [4.78, 5) is 0. The van der Waals surface area contributed by atoms with E-state index in [1.54, 1.807) is 0 Å². The van der Waals surface area contributed by atoms with Gasteiger partial charge < -0.3 is 0 Å². The lowest BCUT2D eigenvalue weighted by Crippen LogP contribution is -2.36. The zero-order valence-electron chi connectivity index (χ0n) is 11.4. The Balaban J connectivity index is 3.07. The van der Waals surface area contributed by atoms with E-state index in [-0.39, 0.29) is 4.65 Å². The Morgan fingerprint density at radius 2 is 1.44 bits per heavy atom. The molecule has 0 saturated heterocycles. The van der Waals surface area contributed by atoms with E-state index >= 15 is 0 Å². The molecule has 0 amide bonds. The molecular formula is C14H30NO+. The smallest absolute Gasteiger partial charge is 0.108 e. The van der Waals surface area contributed by atoms with E-state index in [0.29, 0.717) is 0 Å². The van der Waals surface area contributed by atoms with Crippen LogP contribution in [0.2, 0.25) is 0 Å². The lowest BCUT2D eigenvalue weighted by atomic mass is 10.1. The average Bonchev–Trinajstić information content (AvgIpc) is 2.19. The molecular weight excluding hydrogens is 198 g/mol. The van der Waals surface area contributed by atoms with Gasteiger partial charge in [0.15, 0.2) is 0 Å². The number of nitrogens with zero attached hydrogens (tertiary/aromatic N) is 1. The minimum Gasteiger partial charge on any atom is -0.217 e. The van der Waals surface area contributed by atoms with Crippen LogP contribution in [0.15, 0.2) is 12.2 Å². The maximum atomic E-state index is 9.47. The van der Waals surface area contributed by atoms with Crippen molar-refractivity contribution in [2.24, 2.45) is 0 Å². The molecule has 2 nitrogen and oxygen atoms in total. The first-order chi connectivity index (χ1) is 7.56. The van der Waals surface area contributed by atoms with Crippen molar-refractivity contribution < 1.29 is 9.85 Å². The van der Waals surface area contributed by atoms with E-state index in [1.807, 2.05) is 14.1 Å². The molecule has 0 aliphatic heterocycles. The van der Waals surface area contributed by atoms with Crippen molar-refractivity contribution in [2.75, 3.05) is 20.6 Å². The Hall–Kier alpha value is -0.340. The Bertz CT molecular complexity index is 170. The van der Waals surface area contributed by atoms with Gasteiger partial charge in [0.05, 0.1) is 14.1 Å². The van der Waals surface area contributed by atoms with Gasteiger partial charge in [0.25, 0.3) is 0 Å². The molecule has 96 valence electrons. The first kappa shape index (κ1) is 15.7. The highest BCUT2D eigenvalue weighted by atomic mass is 16.5. The monoisotopic (exact) mass is 228 g/mol. The molecule has 2 heteroatoms. The zero-order valence-corrected chi connectivity index (χ0v) is 11.4. The fourth-order valence-corrected chi connectivity index (χ4v) is 1.75. The molecule has 0 aromatic heterocycles. The van der Waals surface area contributed by atoms with Gasteiger partial charge in [-0.1, -0.05) is 38.3 Å². The molecule has 0 aromatic rings. The molecule has 0 rings (SSSR count). The third-order valence-electron chi connectivity index (χ3n) is 2.73. The molecule has 0 aliphatic rings. The normalized spacial score (nSPS) is 12.5. The molecule has 0 fully saturated rings. The molecule has 0 spiro atoms. The number of allylic oxidation sites excluding steroid dienone is 2. The number of hydroxylamine groups is 3. The van der Waals surface area contributed by atoms with Crippen molar-refractivity contribution in [3.05, 3.63) is 12.2 Å². The predicted molar refractivity (Wildman–Crippen MR) is 70.5 cm³/mol. The number of hydrogen-bond acceptors (Lipinski definition) is 1. The number of rotatable bonds is 10. The van der Waals surface area contributed by atoms with Crippen LogP contribution in [0.4, 0.5) is 0 Å². The summed E-state index contributed by atoms with van der Waals surface area (Å²) < 4.78 is 0.113. The molecule has 1 N–H and O–H groups in total. The standard InChI is InChI=1S/C14H30NO/c1-4-5-6-7-8-9-10-11-12-13-14-15(2,3)16/h5-6,16H,4,7-14H2,1-3H3/q+1. The van der Waals surface area contributed by atoms with Crippen molar-refractivity contribution >= 4 is 0 Å². The van der Waals surface area contributed by atoms with Crippen LogP contribution in [-0.4, -0.2) is 30.5 Å². The molecule has 0 atom stereocenters. The molecule has 0 radical (unpaired) electrons. The molecule has 0 aromatic carbocycles. The van der Waals surface area contributed by atoms with E-state index in [2.05, 4.69) is 19.1 Å². The Morgan fingerprint density at radius 3 is 2.00 bits per heavy atom. The molecule has 0 unspecified atom stereocenters. The van der Waals surface area contributed by atoms with Gasteiger partial charge in [-0.05, 0) is 32.1 Å². The largest absolute Gasteiger partial charge is 0.217 e. The molecule has 0 aliphatic carbocycles. The second-order valence-corrected chi connectivity index (χ2v) is 5.13. The van der Waals surface area contributed by atoms with E-state index in [9.17, 15) is 5.21 Å². The Kier molecular flexibility index (Phi) is 9.65. The van der Waals surface area contributed by atoms with Crippen LogP contribution >= 0.6 is 0 Å². The fourth-order valence-electron chi connectivity index (χ4n) is 1.75. The second-order valence-electron chi connectivity index (χ2n) is 5.13. The molecule has 16 heavy (non-hydrogen) atoms. The van der Waals surface area contributed by atoms with Gasteiger partial charge in [-0.25, -0.2) is 5.21 Å². The number of quaternary nitrogens is 1. The van der Waals surface area contributed by atoms with Gasteiger partial charge >= 0.3 is 0 Å². The van der Waals surface area contributed by atoms with Crippen LogP contribution in [0.3, 0.4) is 0 Å². The lowest BCUT2D eigenvalue weighted by Gasteiger charge is -2.18. The van der Waals surface area contributed by atoms with Gasteiger partial charge in [0.1, 0.15) is 6.54 Å². The minimum atomic E-state index is 0.113. The van der Waals surface area contributed by atoms with Gasteiger partial charge in [0, 0.05) is 0 Å². The van der Waals surface area contributed by atoms with Crippen LogP contribution in [-0.2, 0) is 0 Å². The average molecular weight is 228 g/mol. The second kappa shape index (κ2) is 9.86. The Labute approximate surface area is 102 Å². The van der Waals surface area contributed by atoms with Gasteiger partial charge in [0.2, 0.25) is 0 Å². The molecule has 0 heterocycles. The van der Waals surface area contributed by atoms with Crippen molar-refractivity contribution in [3.8, 4) is 0 Å². The van der Waals surface area contributed by atoms with Crippen LogP contribution in [0, 0.1) is 0 Å². The maximum absolute atomic E-state index is 9.47. The predicted octanol–water partition coefficient (Wildman–Crippen LogP) is 4.15. The van der Waals surface area contributed by atoms with Crippen molar-refractivity contribution in [2.45, 2.75) is 58.3 Å². The van der Waals surface area contributed by atoms with Crippen molar-refractivity contribution in [1.29, 1.82) is 0 Å². The van der Waals surface area contributed by atoms with Crippen molar-refractivity contribution in [3.63, 3.8) is 0 Å². The Morgan fingerprint density at radius 1 is 0.875 bits per heavy atom. The highest BCUT2D eigenvalue weighted by molar-refractivity contribution is 4.79. The van der Waals surface area contributed by atoms with Crippen LogP contribution in [0.5, 0.6) is 0 Å². The molecule has 0 bridgehead atoms. The van der Waals surface area contributed by atoms with E-state index in [1.165, 1.54) is 38.5 Å². The minimum absolute atomic E-state index is 0.113. The number of hydrogen-bond donors (Lipinski definition) is 1. The van der Waals surface area contributed by atoms with Gasteiger partial charge in [-0.2, -0.15) is 4.65 Å². The van der Waals surface area contributed by atoms with Gasteiger partial charge in [-0.3, -0.25) is 0 Å². The first-order valence-corrected chi connectivity index (χ1v) is 6.77. The lowest BCUT2D eigenvalue weighted by molar-refractivity contribution is -1.07. The summed E-state index contributed by atoms with van der Waals surface area (Å²) in [5.74, 6) is 0. The van der Waals surface area contributed by atoms with Crippen LogP contribution in [0.1, 0.15) is 58.3 Å². The summed E-state index contributed by atoms with van der Waals surface area (Å²) in [7, 11) is 3.67. The highest BCUT2D eigenvalue weighted by Gasteiger charge is 2.08. The van der Waals surface area contributed by atoms with E-state index in [0.717, 1.165) is 19.4 Å². The fraction of sp³-hybridized carbons (Fsp3) is 0.857. The van der Waals surface area contributed by atoms with Crippen LogP contribution in [0.25, 0.3) is 0 Å². The van der Waals surface area contributed by atoms with E-state index in [4.69, 9.17) is 0 Å². The van der Waals surface area contributed by atoms with Crippen LogP contribution < -0.4 is 0 Å². The third kappa shape index (κ3) is 13.7. The third-order valence-corrected chi connectivity index (χ3v) is 2.73. The summed E-state index contributed by atoms with van der Waals surface area (Å²) in [6, 6.07) is 0. The zero-order chi connectivity index (χ0) is 12.3. The topological polar surface area (TPSA) is 20.2 Å². The molecule has 0 saturated carbocycles. The first-order valence-electron chi connectivity index (χ1n) is 6.77.